The summed E-state index contributed by atoms with van der Waals surface area (Å²) in [5.41, 5.74) is 3.87. The first-order valence-electron chi connectivity index (χ1n) is 8.28. The minimum Gasteiger partial charge on any atom is -0.497 e. The van der Waals surface area contributed by atoms with Crippen LogP contribution in [0.3, 0.4) is 0 Å². The second-order valence-corrected chi connectivity index (χ2v) is 5.70. The minimum absolute atomic E-state index is 0.684. The number of hydrogen-bond donors (Lipinski definition) is 1. The highest BCUT2D eigenvalue weighted by atomic mass is 16.5. The molecule has 0 aliphatic rings. The van der Waals surface area contributed by atoms with Crippen molar-refractivity contribution in [2.75, 3.05) is 26.6 Å². The van der Waals surface area contributed by atoms with Gasteiger partial charge in [-0.15, -0.1) is 0 Å². The van der Waals surface area contributed by atoms with Crippen LogP contribution in [0.1, 0.15) is 5.56 Å². The van der Waals surface area contributed by atoms with E-state index in [1.54, 1.807) is 27.5 Å². The first-order chi connectivity index (χ1) is 12.7. The number of pyridine rings is 1. The summed E-state index contributed by atoms with van der Waals surface area (Å²) < 4.78 is 15.9. The van der Waals surface area contributed by atoms with E-state index in [-0.39, 0.29) is 0 Å². The third kappa shape index (κ3) is 4.06. The maximum absolute atomic E-state index is 5.37. The first kappa shape index (κ1) is 17.6. The Morgan fingerprint density at radius 2 is 1.46 bits per heavy atom. The van der Waals surface area contributed by atoms with Crippen molar-refractivity contribution < 1.29 is 14.2 Å². The maximum atomic E-state index is 5.37. The minimum atomic E-state index is 0.684. The predicted octanol–water partition coefficient (Wildman–Crippen LogP) is 4.39. The van der Waals surface area contributed by atoms with Gasteiger partial charge >= 0.3 is 0 Å². The van der Waals surface area contributed by atoms with Crippen LogP contribution in [0.25, 0.3) is 11.3 Å². The fourth-order valence-corrected chi connectivity index (χ4v) is 2.66. The third-order valence-corrected chi connectivity index (χ3v) is 4.07. The van der Waals surface area contributed by atoms with Gasteiger partial charge in [0.05, 0.1) is 32.7 Å². The van der Waals surface area contributed by atoms with Crippen molar-refractivity contribution in [2.45, 2.75) is 6.54 Å². The van der Waals surface area contributed by atoms with E-state index in [0.29, 0.717) is 6.54 Å². The van der Waals surface area contributed by atoms with Gasteiger partial charge in [-0.1, -0.05) is 12.1 Å². The lowest BCUT2D eigenvalue weighted by molar-refractivity contribution is 0.394. The number of nitrogens with one attached hydrogen (secondary N) is 1. The Morgan fingerprint density at radius 1 is 0.808 bits per heavy atom. The van der Waals surface area contributed by atoms with Crippen molar-refractivity contribution in [3.05, 3.63) is 66.4 Å². The molecule has 3 rings (SSSR count). The van der Waals surface area contributed by atoms with Crippen LogP contribution < -0.4 is 19.5 Å². The lowest BCUT2D eigenvalue weighted by atomic mass is 10.1. The van der Waals surface area contributed by atoms with Gasteiger partial charge in [0, 0.05) is 24.4 Å². The lowest BCUT2D eigenvalue weighted by Gasteiger charge is -2.13. The van der Waals surface area contributed by atoms with Crippen LogP contribution in [0.4, 0.5) is 5.69 Å². The standard InChI is InChI=1S/C21H22N2O3/c1-24-17-8-6-15(7-9-17)14-23-20-5-4-10-22-21(20)16-11-18(25-2)13-19(12-16)26-3/h4-13,23H,14H2,1-3H3. The molecule has 0 aliphatic heterocycles. The molecule has 1 heterocycles. The molecule has 1 N–H and O–H groups in total. The van der Waals surface area contributed by atoms with Gasteiger partial charge < -0.3 is 19.5 Å². The van der Waals surface area contributed by atoms with Crippen molar-refractivity contribution in [3.8, 4) is 28.5 Å². The highest BCUT2D eigenvalue weighted by molar-refractivity contribution is 5.76. The van der Waals surface area contributed by atoms with E-state index in [9.17, 15) is 0 Å². The van der Waals surface area contributed by atoms with Crippen LogP contribution in [-0.2, 0) is 6.54 Å². The smallest absolute Gasteiger partial charge is 0.123 e. The molecule has 0 radical (unpaired) electrons. The SMILES string of the molecule is COc1ccc(CNc2cccnc2-c2cc(OC)cc(OC)c2)cc1. The molecule has 0 aliphatic carbocycles. The molecule has 0 fully saturated rings. The average molecular weight is 350 g/mol. The van der Waals surface area contributed by atoms with Crippen molar-refractivity contribution in [2.24, 2.45) is 0 Å². The van der Waals surface area contributed by atoms with Crippen molar-refractivity contribution >= 4 is 5.69 Å². The predicted molar refractivity (Wildman–Crippen MR) is 103 cm³/mol. The fourth-order valence-electron chi connectivity index (χ4n) is 2.66. The number of aromatic nitrogens is 1. The topological polar surface area (TPSA) is 52.6 Å². The molecule has 0 amide bonds. The van der Waals surface area contributed by atoms with Gasteiger partial charge in [0.25, 0.3) is 0 Å². The number of benzene rings is 2. The molecular formula is C21H22N2O3. The van der Waals surface area contributed by atoms with Gasteiger partial charge in [0.2, 0.25) is 0 Å². The van der Waals surface area contributed by atoms with Crippen LogP contribution in [0, 0.1) is 0 Å². The zero-order valence-corrected chi connectivity index (χ0v) is 15.2. The van der Waals surface area contributed by atoms with E-state index in [1.165, 1.54) is 0 Å². The normalized spacial score (nSPS) is 10.3. The van der Waals surface area contributed by atoms with Crippen LogP contribution in [-0.4, -0.2) is 26.3 Å². The van der Waals surface area contributed by atoms with Crippen LogP contribution in [0.2, 0.25) is 0 Å². The largest absolute Gasteiger partial charge is 0.497 e. The van der Waals surface area contributed by atoms with E-state index in [2.05, 4.69) is 10.3 Å². The Hall–Kier alpha value is -3.21. The number of nitrogens with zero attached hydrogens (tertiary/aromatic N) is 1. The van der Waals surface area contributed by atoms with Crippen molar-refractivity contribution in [1.82, 2.24) is 4.98 Å². The van der Waals surface area contributed by atoms with Crippen LogP contribution in [0.5, 0.6) is 17.2 Å². The highest BCUT2D eigenvalue weighted by Crippen LogP contribution is 2.32. The third-order valence-electron chi connectivity index (χ3n) is 4.07. The van der Waals surface area contributed by atoms with Gasteiger partial charge in [0.1, 0.15) is 17.2 Å². The Labute approximate surface area is 153 Å². The number of methoxy groups -OCH3 is 3. The molecule has 134 valence electrons. The fraction of sp³-hybridized carbons (Fsp3) is 0.190. The van der Waals surface area contributed by atoms with Gasteiger partial charge in [-0.3, -0.25) is 4.98 Å². The number of ether oxygens (including phenoxy) is 3. The molecule has 0 unspecified atom stereocenters. The molecule has 3 aromatic rings. The summed E-state index contributed by atoms with van der Waals surface area (Å²) >= 11 is 0. The zero-order valence-electron chi connectivity index (χ0n) is 15.2. The summed E-state index contributed by atoms with van der Waals surface area (Å²) in [6.45, 7) is 0.684. The Morgan fingerprint density at radius 3 is 2.08 bits per heavy atom. The summed E-state index contributed by atoms with van der Waals surface area (Å²) in [7, 11) is 4.94. The van der Waals surface area contributed by atoms with E-state index in [1.807, 2.05) is 54.6 Å². The summed E-state index contributed by atoms with van der Waals surface area (Å²) in [5, 5.41) is 3.46. The second-order valence-electron chi connectivity index (χ2n) is 5.70. The summed E-state index contributed by atoms with van der Waals surface area (Å²) in [4.78, 5) is 4.55. The first-order valence-corrected chi connectivity index (χ1v) is 8.28. The Kier molecular flexibility index (Phi) is 5.59. The molecule has 0 saturated heterocycles. The molecule has 0 saturated carbocycles. The highest BCUT2D eigenvalue weighted by Gasteiger charge is 2.10. The van der Waals surface area contributed by atoms with Gasteiger partial charge in [-0.25, -0.2) is 0 Å². The summed E-state index contributed by atoms with van der Waals surface area (Å²) in [5.74, 6) is 2.30. The molecule has 5 heteroatoms. The average Bonchev–Trinajstić information content (AvgIpc) is 2.72. The molecule has 0 bridgehead atoms. The molecule has 26 heavy (non-hydrogen) atoms. The molecule has 0 spiro atoms. The molecule has 1 aromatic heterocycles. The van der Waals surface area contributed by atoms with Gasteiger partial charge in [-0.05, 0) is 42.0 Å². The Balaban J connectivity index is 1.86. The maximum Gasteiger partial charge on any atom is 0.123 e. The van der Waals surface area contributed by atoms with E-state index in [4.69, 9.17) is 14.2 Å². The Bertz CT molecular complexity index is 841. The van der Waals surface area contributed by atoms with Crippen molar-refractivity contribution in [3.63, 3.8) is 0 Å². The van der Waals surface area contributed by atoms with E-state index >= 15 is 0 Å². The number of anilines is 1. The van der Waals surface area contributed by atoms with Crippen LogP contribution in [0.15, 0.2) is 60.8 Å². The number of rotatable bonds is 7. The quantitative estimate of drug-likeness (QED) is 0.685. The zero-order chi connectivity index (χ0) is 18.4. The monoisotopic (exact) mass is 350 g/mol. The van der Waals surface area contributed by atoms with E-state index in [0.717, 1.165) is 39.8 Å². The second kappa shape index (κ2) is 8.25. The van der Waals surface area contributed by atoms with Crippen LogP contribution >= 0.6 is 0 Å². The van der Waals surface area contributed by atoms with Crippen molar-refractivity contribution in [1.29, 1.82) is 0 Å². The molecular weight excluding hydrogens is 328 g/mol. The van der Waals surface area contributed by atoms with Gasteiger partial charge in [0.15, 0.2) is 0 Å². The van der Waals surface area contributed by atoms with E-state index < -0.39 is 0 Å². The number of hydrogen-bond acceptors (Lipinski definition) is 5. The molecule has 5 nitrogen and oxygen atoms in total. The summed E-state index contributed by atoms with van der Waals surface area (Å²) in [6, 6.07) is 17.6. The molecule has 0 atom stereocenters. The van der Waals surface area contributed by atoms with Gasteiger partial charge in [-0.2, -0.15) is 0 Å². The molecule has 2 aromatic carbocycles. The lowest BCUT2D eigenvalue weighted by Crippen LogP contribution is -2.02. The summed E-state index contributed by atoms with van der Waals surface area (Å²) in [6.07, 6.45) is 1.78.